The molecule has 0 fully saturated rings. The van der Waals surface area contributed by atoms with Crippen LogP contribution in [0.3, 0.4) is 0 Å². The molecule has 0 aliphatic rings. The number of aromatic amines is 1. The fourth-order valence-corrected chi connectivity index (χ4v) is 1.36. The molecule has 14 heavy (non-hydrogen) atoms. The van der Waals surface area contributed by atoms with Crippen LogP contribution < -0.4 is 0 Å². The van der Waals surface area contributed by atoms with Crippen molar-refractivity contribution < 1.29 is 9.53 Å². The van der Waals surface area contributed by atoms with Gasteiger partial charge in [-0.2, -0.15) is 0 Å². The Morgan fingerprint density at radius 2 is 2.21 bits per heavy atom. The van der Waals surface area contributed by atoms with Crippen LogP contribution in [-0.4, -0.2) is 18.1 Å². The lowest BCUT2D eigenvalue weighted by Gasteiger charge is -1.93. The van der Waals surface area contributed by atoms with Gasteiger partial charge in [0.2, 0.25) is 0 Å². The first-order valence-electron chi connectivity index (χ1n) is 4.30. The molecule has 1 aromatic carbocycles. The lowest BCUT2D eigenvalue weighted by Crippen LogP contribution is -2.01. The van der Waals surface area contributed by atoms with E-state index in [1.165, 1.54) is 13.5 Å². The highest BCUT2D eigenvalue weighted by atomic mass is 16.5. The molecular formula is C11H10NO2. The maximum Gasteiger partial charge on any atom is 0.315 e. The summed E-state index contributed by atoms with van der Waals surface area (Å²) in [7, 11) is 1.36. The van der Waals surface area contributed by atoms with E-state index in [4.69, 9.17) is 0 Å². The Morgan fingerprint density at radius 1 is 1.43 bits per heavy atom. The second-order valence-electron chi connectivity index (χ2n) is 2.98. The van der Waals surface area contributed by atoms with Crippen LogP contribution in [0, 0.1) is 6.42 Å². The lowest BCUT2D eigenvalue weighted by molar-refractivity contribution is -0.136. The smallest absolute Gasteiger partial charge is 0.315 e. The van der Waals surface area contributed by atoms with E-state index in [1.54, 1.807) is 0 Å². The van der Waals surface area contributed by atoms with Crippen LogP contribution in [0.4, 0.5) is 0 Å². The van der Waals surface area contributed by atoms with Gasteiger partial charge in [0.1, 0.15) is 6.42 Å². The molecule has 0 saturated carbocycles. The van der Waals surface area contributed by atoms with Crippen LogP contribution in [0.5, 0.6) is 0 Å². The molecule has 2 aromatic rings. The monoisotopic (exact) mass is 188 g/mol. The molecule has 2 rings (SSSR count). The van der Waals surface area contributed by atoms with E-state index in [0.29, 0.717) is 0 Å². The molecule has 0 amide bonds. The zero-order valence-corrected chi connectivity index (χ0v) is 7.78. The lowest BCUT2D eigenvalue weighted by atomic mass is 10.2. The number of H-pyrrole nitrogens is 1. The van der Waals surface area contributed by atoms with Crippen molar-refractivity contribution in [2.24, 2.45) is 0 Å². The minimum atomic E-state index is -0.350. The number of aromatic nitrogens is 1. The van der Waals surface area contributed by atoms with Crippen LogP contribution in [0.1, 0.15) is 5.69 Å². The topological polar surface area (TPSA) is 42.1 Å². The summed E-state index contributed by atoms with van der Waals surface area (Å²) in [5.74, 6) is -0.350. The third-order valence-corrected chi connectivity index (χ3v) is 2.03. The predicted molar refractivity (Wildman–Crippen MR) is 53.7 cm³/mol. The molecule has 3 nitrogen and oxygen atoms in total. The van der Waals surface area contributed by atoms with E-state index in [1.807, 2.05) is 30.3 Å². The summed E-state index contributed by atoms with van der Waals surface area (Å²) in [5, 5.41) is 1.09. The second-order valence-corrected chi connectivity index (χ2v) is 2.98. The number of hydrogen-bond donors (Lipinski definition) is 1. The summed E-state index contributed by atoms with van der Waals surface area (Å²) in [6.45, 7) is 0. The number of benzene rings is 1. The summed E-state index contributed by atoms with van der Waals surface area (Å²) >= 11 is 0. The summed E-state index contributed by atoms with van der Waals surface area (Å²) in [4.78, 5) is 14.1. The maximum absolute atomic E-state index is 11.0. The van der Waals surface area contributed by atoms with Gasteiger partial charge in [0.25, 0.3) is 0 Å². The number of carbonyl (C=O) groups is 1. The first-order chi connectivity index (χ1) is 6.79. The van der Waals surface area contributed by atoms with Gasteiger partial charge in [-0.15, -0.1) is 0 Å². The molecule has 1 N–H and O–H groups in total. The van der Waals surface area contributed by atoms with E-state index in [9.17, 15) is 4.79 Å². The highest BCUT2D eigenvalue weighted by Crippen LogP contribution is 2.15. The second kappa shape index (κ2) is 3.54. The highest BCUT2D eigenvalue weighted by Gasteiger charge is 2.06. The van der Waals surface area contributed by atoms with E-state index in [-0.39, 0.29) is 5.97 Å². The first-order valence-corrected chi connectivity index (χ1v) is 4.30. The normalized spacial score (nSPS) is 10.4. The molecule has 0 bridgehead atoms. The molecule has 0 aliphatic heterocycles. The van der Waals surface area contributed by atoms with Crippen molar-refractivity contribution in [1.82, 2.24) is 4.98 Å². The van der Waals surface area contributed by atoms with Gasteiger partial charge in [0.05, 0.1) is 7.11 Å². The molecule has 1 radical (unpaired) electrons. The molecule has 3 heteroatoms. The van der Waals surface area contributed by atoms with Gasteiger partial charge in [0.15, 0.2) is 0 Å². The third kappa shape index (κ3) is 1.62. The molecule has 0 saturated heterocycles. The summed E-state index contributed by atoms with van der Waals surface area (Å²) in [6.07, 6.45) is 1.43. The molecule has 0 spiro atoms. The van der Waals surface area contributed by atoms with Crippen molar-refractivity contribution in [1.29, 1.82) is 0 Å². The van der Waals surface area contributed by atoms with Gasteiger partial charge >= 0.3 is 5.97 Å². The third-order valence-electron chi connectivity index (χ3n) is 2.03. The Hall–Kier alpha value is -1.77. The number of esters is 1. The number of methoxy groups -OCH3 is 1. The average Bonchev–Trinajstić information content (AvgIpc) is 2.59. The van der Waals surface area contributed by atoms with Crippen LogP contribution >= 0.6 is 0 Å². The number of carbonyl (C=O) groups excluding carboxylic acids is 1. The Labute approximate surface area is 81.7 Å². The largest absolute Gasteiger partial charge is 0.468 e. The molecule has 0 aliphatic carbocycles. The summed E-state index contributed by atoms with van der Waals surface area (Å²) < 4.78 is 4.54. The Balaban J connectivity index is 2.31. The number of rotatable bonds is 2. The van der Waals surface area contributed by atoms with Crippen molar-refractivity contribution in [2.45, 2.75) is 0 Å². The van der Waals surface area contributed by atoms with Gasteiger partial charge in [-0.1, -0.05) is 18.2 Å². The Bertz CT molecular complexity index is 426. The van der Waals surface area contributed by atoms with E-state index >= 15 is 0 Å². The van der Waals surface area contributed by atoms with E-state index < -0.39 is 0 Å². The van der Waals surface area contributed by atoms with Gasteiger partial charge in [-0.3, -0.25) is 4.79 Å². The molecule has 1 aromatic heterocycles. The Kier molecular flexibility index (Phi) is 2.23. The molecule has 0 atom stereocenters. The molecular weight excluding hydrogens is 178 g/mol. The zero-order valence-electron chi connectivity index (χ0n) is 7.78. The van der Waals surface area contributed by atoms with Gasteiger partial charge in [0, 0.05) is 11.2 Å². The fourth-order valence-electron chi connectivity index (χ4n) is 1.36. The zero-order chi connectivity index (χ0) is 9.97. The molecule has 0 unspecified atom stereocenters. The van der Waals surface area contributed by atoms with Gasteiger partial charge in [-0.25, -0.2) is 0 Å². The number of para-hydroxylation sites is 1. The van der Waals surface area contributed by atoms with Crippen LogP contribution in [-0.2, 0) is 9.53 Å². The fraction of sp³-hybridized carbons (Fsp3) is 0.0909. The minimum absolute atomic E-state index is 0.350. The summed E-state index contributed by atoms with van der Waals surface area (Å²) in [6, 6.07) is 9.76. The van der Waals surface area contributed by atoms with Gasteiger partial charge < -0.3 is 9.72 Å². The van der Waals surface area contributed by atoms with Crippen LogP contribution in [0.2, 0.25) is 0 Å². The number of fused-ring (bicyclic) bond motifs is 1. The molecule has 71 valence electrons. The minimum Gasteiger partial charge on any atom is -0.468 e. The van der Waals surface area contributed by atoms with Crippen LogP contribution in [0.25, 0.3) is 10.9 Å². The summed E-state index contributed by atoms with van der Waals surface area (Å²) in [5.41, 5.74) is 1.78. The first kappa shape index (κ1) is 8.81. The average molecular weight is 188 g/mol. The van der Waals surface area contributed by atoms with Crippen LogP contribution in [0.15, 0.2) is 30.3 Å². The van der Waals surface area contributed by atoms with Crippen molar-refractivity contribution in [3.63, 3.8) is 0 Å². The van der Waals surface area contributed by atoms with E-state index in [0.717, 1.165) is 16.6 Å². The van der Waals surface area contributed by atoms with Crippen molar-refractivity contribution in [2.75, 3.05) is 7.11 Å². The number of nitrogens with one attached hydrogen (secondary N) is 1. The maximum atomic E-state index is 11.0. The highest BCUT2D eigenvalue weighted by molar-refractivity contribution is 5.87. The SMILES string of the molecule is COC(=O)[CH]c1cc2ccccc2[nH]1. The standard InChI is InChI=1S/C11H10NO2/c1-14-11(13)7-9-6-8-4-2-3-5-10(8)12-9/h2-7,12H,1H3. The van der Waals surface area contributed by atoms with Gasteiger partial charge in [-0.05, 0) is 17.5 Å². The number of ether oxygens (including phenoxy) is 1. The Morgan fingerprint density at radius 3 is 2.93 bits per heavy atom. The van der Waals surface area contributed by atoms with Crippen molar-refractivity contribution in [3.05, 3.63) is 42.4 Å². The van der Waals surface area contributed by atoms with E-state index in [2.05, 4.69) is 9.72 Å². The molecule has 1 heterocycles. The van der Waals surface area contributed by atoms with Crippen molar-refractivity contribution >= 4 is 16.9 Å². The number of hydrogen-bond acceptors (Lipinski definition) is 2. The van der Waals surface area contributed by atoms with Crippen molar-refractivity contribution in [3.8, 4) is 0 Å². The quantitative estimate of drug-likeness (QED) is 0.731. The predicted octanol–water partition coefficient (Wildman–Crippen LogP) is 1.89.